The smallest absolute Gasteiger partial charge is 0.243 e. The van der Waals surface area contributed by atoms with Gasteiger partial charge in [-0.2, -0.15) is 4.31 Å². The highest BCUT2D eigenvalue weighted by Gasteiger charge is 2.26. The summed E-state index contributed by atoms with van der Waals surface area (Å²) in [6.45, 7) is 7.18. The number of piperidine rings is 1. The second-order valence-electron chi connectivity index (χ2n) is 7.40. The summed E-state index contributed by atoms with van der Waals surface area (Å²) in [5.41, 5.74) is 4.83. The Labute approximate surface area is 173 Å². The van der Waals surface area contributed by atoms with Crippen molar-refractivity contribution in [2.75, 3.05) is 23.7 Å². The van der Waals surface area contributed by atoms with Crippen LogP contribution in [0, 0.1) is 20.8 Å². The molecule has 0 radical (unpaired) electrons. The Morgan fingerprint density at radius 2 is 1.57 bits per heavy atom. The molecule has 7 heteroatoms. The molecule has 1 saturated heterocycles. The first-order valence-electron chi connectivity index (χ1n) is 9.53. The highest BCUT2D eigenvalue weighted by atomic mass is 32.2. The molecule has 0 aliphatic carbocycles. The molecule has 1 aliphatic rings. The van der Waals surface area contributed by atoms with Gasteiger partial charge in [-0.15, -0.1) is 0 Å². The van der Waals surface area contributed by atoms with Crippen molar-refractivity contribution in [1.29, 1.82) is 0 Å². The van der Waals surface area contributed by atoms with Crippen LogP contribution in [-0.2, 0) is 10.0 Å². The highest BCUT2D eigenvalue weighted by Crippen LogP contribution is 2.25. The van der Waals surface area contributed by atoms with Crippen molar-refractivity contribution in [2.24, 2.45) is 0 Å². The van der Waals surface area contributed by atoms with E-state index in [0.717, 1.165) is 41.6 Å². The molecule has 2 N–H and O–H groups in total. The number of aryl methyl sites for hydroxylation is 3. The summed E-state index contributed by atoms with van der Waals surface area (Å²) in [6.07, 6.45) is 2.92. The molecule has 0 atom stereocenters. The Morgan fingerprint density at radius 3 is 2.21 bits per heavy atom. The molecule has 0 unspecified atom stereocenters. The fourth-order valence-corrected chi connectivity index (χ4v) is 5.25. The zero-order valence-electron chi connectivity index (χ0n) is 16.6. The molecular formula is C21H27N3O2S2. The third kappa shape index (κ3) is 4.90. The maximum atomic E-state index is 13.0. The van der Waals surface area contributed by atoms with Gasteiger partial charge in [0.2, 0.25) is 10.0 Å². The lowest BCUT2D eigenvalue weighted by molar-refractivity contribution is 0.346. The number of nitrogens with one attached hydrogen (secondary N) is 2. The average Bonchev–Trinajstić information content (AvgIpc) is 2.63. The first kappa shape index (κ1) is 20.8. The molecule has 28 heavy (non-hydrogen) atoms. The van der Waals surface area contributed by atoms with Gasteiger partial charge in [0.25, 0.3) is 0 Å². The summed E-state index contributed by atoms with van der Waals surface area (Å²) in [5.74, 6) is 0. The minimum Gasteiger partial charge on any atom is -0.332 e. The van der Waals surface area contributed by atoms with Crippen molar-refractivity contribution >= 4 is 38.7 Å². The molecule has 1 aliphatic heterocycles. The molecule has 150 valence electrons. The van der Waals surface area contributed by atoms with E-state index in [2.05, 4.69) is 16.7 Å². The quantitative estimate of drug-likeness (QED) is 0.712. The third-order valence-corrected chi connectivity index (χ3v) is 6.99. The van der Waals surface area contributed by atoms with Crippen LogP contribution in [0.5, 0.6) is 0 Å². The van der Waals surface area contributed by atoms with E-state index in [1.807, 2.05) is 39.0 Å². The first-order chi connectivity index (χ1) is 13.3. The Hall–Kier alpha value is -1.96. The van der Waals surface area contributed by atoms with Gasteiger partial charge >= 0.3 is 0 Å². The summed E-state index contributed by atoms with van der Waals surface area (Å²) in [7, 11) is -3.48. The molecule has 0 bridgehead atoms. The van der Waals surface area contributed by atoms with Crippen LogP contribution < -0.4 is 10.6 Å². The normalized spacial score (nSPS) is 15.2. The van der Waals surface area contributed by atoms with E-state index in [9.17, 15) is 8.42 Å². The summed E-state index contributed by atoms with van der Waals surface area (Å²) < 4.78 is 27.5. The summed E-state index contributed by atoms with van der Waals surface area (Å²) in [6, 6.07) is 11.3. The van der Waals surface area contributed by atoms with E-state index in [0.29, 0.717) is 28.8 Å². The zero-order chi connectivity index (χ0) is 20.3. The van der Waals surface area contributed by atoms with E-state index in [1.165, 1.54) is 0 Å². The Balaban J connectivity index is 1.78. The van der Waals surface area contributed by atoms with Crippen molar-refractivity contribution in [1.82, 2.24) is 4.31 Å². The number of benzene rings is 2. The van der Waals surface area contributed by atoms with Crippen LogP contribution in [0.25, 0.3) is 0 Å². The van der Waals surface area contributed by atoms with Crippen LogP contribution in [0.1, 0.15) is 36.0 Å². The van der Waals surface area contributed by atoms with Crippen LogP contribution in [0.2, 0.25) is 0 Å². The topological polar surface area (TPSA) is 61.4 Å². The monoisotopic (exact) mass is 417 g/mol. The van der Waals surface area contributed by atoms with Crippen LogP contribution in [-0.4, -0.2) is 30.9 Å². The lowest BCUT2D eigenvalue weighted by atomic mass is 10.1. The number of nitrogens with zero attached hydrogens (tertiary/aromatic N) is 1. The van der Waals surface area contributed by atoms with Crippen LogP contribution in [0.4, 0.5) is 11.4 Å². The third-order valence-electron chi connectivity index (χ3n) is 4.89. The van der Waals surface area contributed by atoms with Gasteiger partial charge in [-0.1, -0.05) is 18.6 Å². The number of sulfonamides is 1. The van der Waals surface area contributed by atoms with E-state index in [1.54, 1.807) is 16.4 Å². The molecule has 1 heterocycles. The number of rotatable bonds is 4. The number of hydrogen-bond acceptors (Lipinski definition) is 3. The predicted octanol–water partition coefficient (Wildman–Crippen LogP) is 4.60. The Bertz CT molecular complexity index is 961. The van der Waals surface area contributed by atoms with Gasteiger partial charge in [0.15, 0.2) is 5.11 Å². The van der Waals surface area contributed by atoms with Gasteiger partial charge in [-0.25, -0.2) is 8.42 Å². The fraction of sp³-hybridized carbons (Fsp3) is 0.381. The van der Waals surface area contributed by atoms with Gasteiger partial charge in [0.1, 0.15) is 0 Å². The lowest BCUT2D eigenvalue weighted by Gasteiger charge is -2.26. The van der Waals surface area contributed by atoms with Gasteiger partial charge in [0.05, 0.1) is 4.90 Å². The van der Waals surface area contributed by atoms with Gasteiger partial charge < -0.3 is 10.6 Å². The molecule has 2 aromatic carbocycles. The number of hydrogen-bond donors (Lipinski definition) is 2. The van der Waals surface area contributed by atoms with Crippen LogP contribution in [0.15, 0.2) is 41.3 Å². The molecule has 0 aromatic heterocycles. The molecule has 3 rings (SSSR count). The largest absolute Gasteiger partial charge is 0.332 e. The molecule has 0 amide bonds. The average molecular weight is 418 g/mol. The minimum atomic E-state index is -3.48. The molecular weight excluding hydrogens is 390 g/mol. The fourth-order valence-electron chi connectivity index (χ4n) is 3.48. The van der Waals surface area contributed by atoms with Crippen molar-refractivity contribution in [3.63, 3.8) is 0 Å². The summed E-state index contributed by atoms with van der Waals surface area (Å²) in [4.78, 5) is 0.303. The van der Waals surface area contributed by atoms with Crippen molar-refractivity contribution in [3.8, 4) is 0 Å². The van der Waals surface area contributed by atoms with E-state index in [-0.39, 0.29) is 0 Å². The van der Waals surface area contributed by atoms with Crippen molar-refractivity contribution in [2.45, 2.75) is 44.9 Å². The molecule has 2 aromatic rings. The van der Waals surface area contributed by atoms with Crippen molar-refractivity contribution < 1.29 is 8.42 Å². The van der Waals surface area contributed by atoms with E-state index < -0.39 is 10.0 Å². The Morgan fingerprint density at radius 1 is 0.929 bits per heavy atom. The van der Waals surface area contributed by atoms with Crippen LogP contribution in [0.3, 0.4) is 0 Å². The molecule has 0 spiro atoms. The first-order valence-corrected chi connectivity index (χ1v) is 11.4. The zero-order valence-corrected chi connectivity index (χ0v) is 18.2. The lowest BCUT2D eigenvalue weighted by Crippen LogP contribution is -2.35. The minimum absolute atomic E-state index is 0.303. The van der Waals surface area contributed by atoms with E-state index >= 15 is 0 Å². The standard InChI is InChI=1S/C21H27N3O2S2/c1-15-11-16(2)13-18(12-15)22-21(27)23-20-14-19(8-7-17(20)3)28(25,26)24-9-5-4-6-10-24/h7-8,11-14H,4-6,9-10H2,1-3H3,(H2,22,23,27). The van der Waals surface area contributed by atoms with Gasteiger partial charge in [0, 0.05) is 24.5 Å². The maximum Gasteiger partial charge on any atom is 0.243 e. The highest BCUT2D eigenvalue weighted by molar-refractivity contribution is 7.89. The van der Waals surface area contributed by atoms with Crippen molar-refractivity contribution in [3.05, 3.63) is 53.1 Å². The number of thiocarbonyl (C=S) groups is 1. The molecule has 5 nitrogen and oxygen atoms in total. The van der Waals surface area contributed by atoms with Crippen LogP contribution >= 0.6 is 12.2 Å². The van der Waals surface area contributed by atoms with E-state index in [4.69, 9.17) is 12.2 Å². The summed E-state index contributed by atoms with van der Waals surface area (Å²) >= 11 is 5.44. The molecule has 1 fully saturated rings. The maximum absolute atomic E-state index is 13.0. The predicted molar refractivity (Wildman–Crippen MR) is 120 cm³/mol. The second kappa shape index (κ2) is 8.59. The SMILES string of the molecule is Cc1cc(C)cc(NC(=S)Nc2cc(S(=O)(=O)N3CCCCC3)ccc2C)c1. The molecule has 0 saturated carbocycles. The van der Waals surface area contributed by atoms with Gasteiger partial charge in [-0.3, -0.25) is 0 Å². The second-order valence-corrected chi connectivity index (χ2v) is 9.74. The summed E-state index contributed by atoms with van der Waals surface area (Å²) in [5, 5.41) is 6.76. The Kier molecular flexibility index (Phi) is 6.37. The van der Waals surface area contributed by atoms with Gasteiger partial charge in [-0.05, 0) is 86.8 Å². The number of anilines is 2.